The van der Waals surface area contributed by atoms with Crippen LogP contribution in [0.1, 0.15) is 25.8 Å². The molecule has 4 heteroatoms. The van der Waals surface area contributed by atoms with Crippen molar-refractivity contribution >= 4 is 16.7 Å². The molecule has 4 nitrogen and oxygen atoms in total. The molecule has 1 amide bonds. The van der Waals surface area contributed by atoms with Crippen LogP contribution in [0.25, 0.3) is 10.8 Å². The highest BCUT2D eigenvalue weighted by atomic mass is 16.5. The monoisotopic (exact) mass is 377 g/mol. The van der Waals surface area contributed by atoms with E-state index in [-0.39, 0.29) is 11.9 Å². The first-order chi connectivity index (χ1) is 13.6. The summed E-state index contributed by atoms with van der Waals surface area (Å²) in [6, 6.07) is 21.7. The number of carbonyl (C=O) groups excluding carboxylic acids is 1. The Balaban J connectivity index is 1.57. The van der Waals surface area contributed by atoms with Gasteiger partial charge in [0.25, 0.3) is 5.91 Å². The summed E-state index contributed by atoms with van der Waals surface area (Å²) in [5.74, 6) is 1.41. The van der Waals surface area contributed by atoms with Gasteiger partial charge in [-0.3, -0.25) is 4.79 Å². The van der Waals surface area contributed by atoms with Crippen LogP contribution in [-0.4, -0.2) is 24.7 Å². The molecule has 0 fully saturated rings. The van der Waals surface area contributed by atoms with Crippen molar-refractivity contribution in [3.8, 4) is 11.5 Å². The average molecular weight is 377 g/mol. The molecule has 2 atom stereocenters. The van der Waals surface area contributed by atoms with Crippen LogP contribution in [0.4, 0.5) is 0 Å². The van der Waals surface area contributed by atoms with Crippen LogP contribution < -0.4 is 14.8 Å². The van der Waals surface area contributed by atoms with E-state index in [4.69, 9.17) is 9.47 Å². The maximum absolute atomic E-state index is 12.6. The number of hydrogen-bond donors (Lipinski definition) is 1. The molecule has 0 aliphatic heterocycles. The maximum atomic E-state index is 12.6. The van der Waals surface area contributed by atoms with Crippen LogP contribution >= 0.6 is 0 Å². The number of fused-ring (bicyclic) bond motifs is 1. The Kier molecular flexibility index (Phi) is 6.53. The predicted molar refractivity (Wildman–Crippen MR) is 113 cm³/mol. The zero-order valence-corrected chi connectivity index (χ0v) is 16.6. The van der Waals surface area contributed by atoms with E-state index < -0.39 is 6.10 Å². The van der Waals surface area contributed by atoms with Gasteiger partial charge in [0.2, 0.25) is 0 Å². The molecular weight excluding hydrogens is 350 g/mol. The minimum atomic E-state index is -0.540. The van der Waals surface area contributed by atoms with E-state index in [1.807, 2.05) is 81.4 Å². The van der Waals surface area contributed by atoms with Gasteiger partial charge in [0.1, 0.15) is 18.1 Å². The van der Waals surface area contributed by atoms with Crippen molar-refractivity contribution in [1.82, 2.24) is 5.32 Å². The van der Waals surface area contributed by atoms with E-state index in [0.29, 0.717) is 18.8 Å². The average Bonchev–Trinajstić information content (AvgIpc) is 2.71. The van der Waals surface area contributed by atoms with Gasteiger partial charge in [-0.05, 0) is 54.8 Å². The SMILES string of the molecule is CC[C@H](Oc1ccc2ccccc2c1)C(=O)N[C@H](C)COc1ccccc1C. The molecule has 3 rings (SSSR count). The minimum absolute atomic E-state index is 0.124. The highest BCUT2D eigenvalue weighted by Gasteiger charge is 2.20. The summed E-state index contributed by atoms with van der Waals surface area (Å²) in [7, 11) is 0. The zero-order chi connectivity index (χ0) is 19.9. The number of ether oxygens (including phenoxy) is 2. The fourth-order valence-corrected chi connectivity index (χ4v) is 3.04. The summed E-state index contributed by atoms with van der Waals surface area (Å²) in [5, 5.41) is 5.23. The summed E-state index contributed by atoms with van der Waals surface area (Å²) in [6.45, 7) is 6.28. The largest absolute Gasteiger partial charge is 0.491 e. The summed E-state index contributed by atoms with van der Waals surface area (Å²) in [6.07, 6.45) is 0.0476. The Morgan fingerprint density at radius 1 is 1.00 bits per heavy atom. The van der Waals surface area contributed by atoms with E-state index in [1.165, 1.54) is 0 Å². The highest BCUT2D eigenvalue weighted by Crippen LogP contribution is 2.22. The predicted octanol–water partition coefficient (Wildman–Crippen LogP) is 4.89. The summed E-state index contributed by atoms with van der Waals surface area (Å²) >= 11 is 0. The second-order valence-corrected chi connectivity index (χ2v) is 7.01. The number of aryl methyl sites for hydroxylation is 1. The molecule has 0 aromatic heterocycles. The molecule has 0 unspecified atom stereocenters. The molecule has 0 saturated heterocycles. The second kappa shape index (κ2) is 9.27. The number of hydrogen-bond acceptors (Lipinski definition) is 3. The third-order valence-electron chi connectivity index (χ3n) is 4.63. The van der Waals surface area contributed by atoms with Gasteiger partial charge >= 0.3 is 0 Å². The molecule has 3 aromatic rings. The summed E-state index contributed by atoms with van der Waals surface area (Å²) in [5.41, 5.74) is 1.08. The van der Waals surface area contributed by atoms with Gasteiger partial charge in [-0.1, -0.05) is 55.5 Å². The number of para-hydroxylation sites is 1. The molecule has 28 heavy (non-hydrogen) atoms. The van der Waals surface area contributed by atoms with Crippen molar-refractivity contribution in [2.45, 2.75) is 39.3 Å². The molecule has 3 aromatic carbocycles. The Hall–Kier alpha value is -3.01. The van der Waals surface area contributed by atoms with Gasteiger partial charge in [-0.25, -0.2) is 0 Å². The fraction of sp³-hybridized carbons (Fsp3) is 0.292. The third kappa shape index (κ3) is 5.03. The Morgan fingerprint density at radius 2 is 1.71 bits per heavy atom. The minimum Gasteiger partial charge on any atom is -0.491 e. The first-order valence-corrected chi connectivity index (χ1v) is 9.71. The van der Waals surface area contributed by atoms with Crippen LogP contribution in [0, 0.1) is 6.92 Å². The van der Waals surface area contributed by atoms with Crippen molar-refractivity contribution in [3.63, 3.8) is 0 Å². The van der Waals surface area contributed by atoms with Crippen molar-refractivity contribution < 1.29 is 14.3 Å². The normalized spacial score (nSPS) is 13.0. The maximum Gasteiger partial charge on any atom is 0.261 e. The number of nitrogens with one attached hydrogen (secondary N) is 1. The highest BCUT2D eigenvalue weighted by molar-refractivity contribution is 5.84. The molecular formula is C24H27NO3. The number of rotatable bonds is 8. The first-order valence-electron chi connectivity index (χ1n) is 9.71. The Morgan fingerprint density at radius 3 is 2.46 bits per heavy atom. The first kappa shape index (κ1) is 19.7. The molecule has 0 radical (unpaired) electrons. The lowest BCUT2D eigenvalue weighted by Crippen LogP contribution is -2.44. The lowest BCUT2D eigenvalue weighted by molar-refractivity contribution is -0.128. The molecule has 146 valence electrons. The number of carbonyl (C=O) groups is 1. The van der Waals surface area contributed by atoms with Gasteiger partial charge in [0.05, 0.1) is 6.04 Å². The van der Waals surface area contributed by atoms with Gasteiger partial charge in [-0.15, -0.1) is 0 Å². The Labute approximate surface area is 166 Å². The lowest BCUT2D eigenvalue weighted by atomic mass is 10.1. The van der Waals surface area contributed by atoms with Crippen LogP contribution in [-0.2, 0) is 4.79 Å². The molecule has 0 bridgehead atoms. The van der Waals surface area contributed by atoms with Crippen molar-refractivity contribution in [2.75, 3.05) is 6.61 Å². The van der Waals surface area contributed by atoms with E-state index >= 15 is 0 Å². The van der Waals surface area contributed by atoms with Crippen LogP contribution in [0.15, 0.2) is 66.7 Å². The van der Waals surface area contributed by atoms with Crippen molar-refractivity contribution in [3.05, 3.63) is 72.3 Å². The number of benzene rings is 3. The van der Waals surface area contributed by atoms with Crippen molar-refractivity contribution in [1.29, 1.82) is 0 Å². The molecule has 0 saturated carbocycles. The van der Waals surface area contributed by atoms with E-state index in [2.05, 4.69) is 11.4 Å². The van der Waals surface area contributed by atoms with Crippen molar-refractivity contribution in [2.24, 2.45) is 0 Å². The van der Waals surface area contributed by atoms with E-state index in [9.17, 15) is 4.79 Å². The molecule has 0 aliphatic carbocycles. The zero-order valence-electron chi connectivity index (χ0n) is 16.6. The standard InChI is InChI=1S/C24H27NO3/c1-4-22(28-21-14-13-19-10-6-7-11-20(19)15-21)24(26)25-18(3)16-27-23-12-8-5-9-17(23)2/h5-15,18,22H,4,16H2,1-3H3,(H,25,26)/t18-,22+/m1/s1. The smallest absolute Gasteiger partial charge is 0.261 e. The van der Waals surface area contributed by atoms with Gasteiger partial charge in [-0.2, -0.15) is 0 Å². The molecule has 0 aliphatic rings. The van der Waals surface area contributed by atoms with E-state index in [1.54, 1.807) is 0 Å². The number of amides is 1. The van der Waals surface area contributed by atoms with Crippen LogP contribution in [0.2, 0.25) is 0 Å². The summed E-state index contributed by atoms with van der Waals surface area (Å²) < 4.78 is 11.8. The van der Waals surface area contributed by atoms with Crippen LogP contribution in [0.5, 0.6) is 11.5 Å². The quantitative estimate of drug-likeness (QED) is 0.608. The summed E-state index contributed by atoms with van der Waals surface area (Å²) in [4.78, 5) is 12.6. The Bertz CT molecular complexity index is 938. The van der Waals surface area contributed by atoms with Gasteiger partial charge < -0.3 is 14.8 Å². The molecule has 1 N–H and O–H groups in total. The topological polar surface area (TPSA) is 47.6 Å². The van der Waals surface area contributed by atoms with Gasteiger partial charge in [0, 0.05) is 0 Å². The lowest BCUT2D eigenvalue weighted by Gasteiger charge is -2.21. The van der Waals surface area contributed by atoms with Crippen LogP contribution in [0.3, 0.4) is 0 Å². The molecule has 0 heterocycles. The fourth-order valence-electron chi connectivity index (χ4n) is 3.04. The molecule has 0 spiro atoms. The van der Waals surface area contributed by atoms with E-state index in [0.717, 1.165) is 22.1 Å². The van der Waals surface area contributed by atoms with Gasteiger partial charge in [0.15, 0.2) is 6.10 Å². The second-order valence-electron chi connectivity index (χ2n) is 7.01. The third-order valence-corrected chi connectivity index (χ3v) is 4.63.